The number of carbonyl (C=O) groups excluding carboxylic acids is 2. The first-order chi connectivity index (χ1) is 14.2. The highest BCUT2D eigenvalue weighted by Gasteiger charge is 2.23. The lowest BCUT2D eigenvalue weighted by atomic mass is 10.2. The number of aromatic nitrogens is 2. The van der Waals surface area contributed by atoms with Crippen LogP contribution in [0.25, 0.3) is 10.6 Å². The molecule has 3 heterocycles. The molecule has 0 aliphatic carbocycles. The molecule has 1 fully saturated rings. The van der Waals surface area contributed by atoms with Gasteiger partial charge in [0, 0.05) is 19.3 Å². The smallest absolute Gasteiger partial charge is 0.342 e. The quantitative estimate of drug-likeness (QED) is 0.583. The van der Waals surface area contributed by atoms with Crippen molar-refractivity contribution < 1.29 is 19.1 Å². The molecule has 29 heavy (non-hydrogen) atoms. The zero-order chi connectivity index (χ0) is 20.1. The van der Waals surface area contributed by atoms with Crippen LogP contribution in [0.15, 0.2) is 54.0 Å². The first kappa shape index (κ1) is 19.4. The highest BCUT2D eigenvalue weighted by molar-refractivity contribution is 7.13. The van der Waals surface area contributed by atoms with Gasteiger partial charge >= 0.3 is 5.97 Å². The lowest BCUT2D eigenvalue weighted by molar-refractivity contribution is -0.138. The zero-order valence-electron chi connectivity index (χ0n) is 15.8. The minimum Gasteiger partial charge on any atom is -0.452 e. The Bertz CT molecular complexity index is 963. The van der Waals surface area contributed by atoms with E-state index in [-0.39, 0.29) is 12.5 Å². The molecule has 0 atom stereocenters. The minimum atomic E-state index is -0.547. The summed E-state index contributed by atoms with van der Waals surface area (Å²) >= 11 is 1.50. The van der Waals surface area contributed by atoms with Gasteiger partial charge in [0.15, 0.2) is 6.61 Å². The zero-order valence-corrected chi connectivity index (χ0v) is 16.6. The van der Waals surface area contributed by atoms with E-state index < -0.39 is 5.97 Å². The number of benzene rings is 1. The number of morpholine rings is 1. The van der Waals surface area contributed by atoms with E-state index in [1.807, 2.05) is 47.8 Å². The fraction of sp³-hybridized carbons (Fsp3) is 0.286. The normalized spacial score (nSPS) is 14.0. The second-order valence-corrected chi connectivity index (χ2v) is 7.57. The van der Waals surface area contributed by atoms with Crippen LogP contribution in [0.4, 0.5) is 0 Å². The van der Waals surface area contributed by atoms with Gasteiger partial charge in [0.05, 0.1) is 24.6 Å². The van der Waals surface area contributed by atoms with Gasteiger partial charge in [0.2, 0.25) is 0 Å². The number of rotatable bonds is 6. The van der Waals surface area contributed by atoms with E-state index in [0.717, 1.165) is 10.4 Å². The molecule has 0 bridgehead atoms. The van der Waals surface area contributed by atoms with Crippen molar-refractivity contribution in [2.24, 2.45) is 0 Å². The van der Waals surface area contributed by atoms with Crippen LogP contribution >= 0.6 is 11.3 Å². The number of thiophene rings is 1. The molecule has 0 unspecified atom stereocenters. The molecule has 8 heteroatoms. The van der Waals surface area contributed by atoms with Gasteiger partial charge in [-0.3, -0.25) is 9.48 Å². The molecular weight excluding hydrogens is 390 g/mol. The standard InChI is InChI=1S/C21H21N3O4S/c25-19(23-8-10-27-11-9-23)15-28-21(26)17-14-24(13-16-5-2-1-3-6-16)22-20(17)18-7-4-12-29-18/h1-7,12,14H,8-11,13,15H2. The van der Waals surface area contributed by atoms with Crippen LogP contribution in [0, 0.1) is 0 Å². The number of hydrogen-bond donors (Lipinski definition) is 0. The largest absolute Gasteiger partial charge is 0.452 e. The number of hydrogen-bond acceptors (Lipinski definition) is 6. The topological polar surface area (TPSA) is 73.7 Å². The number of ether oxygens (including phenoxy) is 2. The molecule has 1 amide bonds. The Kier molecular flexibility index (Phi) is 6.02. The van der Waals surface area contributed by atoms with Crippen molar-refractivity contribution >= 4 is 23.2 Å². The van der Waals surface area contributed by atoms with E-state index >= 15 is 0 Å². The summed E-state index contributed by atoms with van der Waals surface area (Å²) in [6.45, 7) is 2.31. The van der Waals surface area contributed by atoms with Crippen molar-refractivity contribution in [2.45, 2.75) is 6.54 Å². The van der Waals surface area contributed by atoms with E-state index in [2.05, 4.69) is 5.10 Å². The molecule has 0 saturated carbocycles. The van der Waals surface area contributed by atoms with Crippen LogP contribution < -0.4 is 0 Å². The summed E-state index contributed by atoms with van der Waals surface area (Å²) in [7, 11) is 0. The third-order valence-electron chi connectivity index (χ3n) is 4.61. The average molecular weight is 411 g/mol. The Morgan fingerprint density at radius 1 is 1.10 bits per heavy atom. The van der Waals surface area contributed by atoms with Crippen LogP contribution in [0.2, 0.25) is 0 Å². The summed E-state index contributed by atoms with van der Waals surface area (Å²) < 4.78 is 12.3. The van der Waals surface area contributed by atoms with Crippen molar-refractivity contribution in [1.82, 2.24) is 14.7 Å². The molecular formula is C21H21N3O4S. The predicted molar refractivity (Wildman–Crippen MR) is 109 cm³/mol. The van der Waals surface area contributed by atoms with Crippen molar-refractivity contribution in [3.63, 3.8) is 0 Å². The van der Waals surface area contributed by atoms with Crippen molar-refractivity contribution in [2.75, 3.05) is 32.9 Å². The third kappa shape index (κ3) is 4.72. The summed E-state index contributed by atoms with van der Waals surface area (Å²) in [5.41, 5.74) is 2.01. The van der Waals surface area contributed by atoms with Gasteiger partial charge in [0.25, 0.3) is 5.91 Å². The van der Waals surface area contributed by atoms with Gasteiger partial charge in [-0.2, -0.15) is 5.10 Å². The average Bonchev–Trinajstić information content (AvgIpc) is 3.43. The Labute approximate surface area is 172 Å². The molecule has 4 rings (SSSR count). The van der Waals surface area contributed by atoms with Crippen molar-refractivity contribution in [3.05, 3.63) is 65.2 Å². The van der Waals surface area contributed by atoms with Gasteiger partial charge < -0.3 is 14.4 Å². The predicted octanol–water partition coefficient (Wildman–Crippen LogP) is 2.68. The lowest BCUT2D eigenvalue weighted by Crippen LogP contribution is -2.42. The molecule has 0 radical (unpaired) electrons. The summed E-state index contributed by atoms with van der Waals surface area (Å²) in [5.74, 6) is -0.759. The molecule has 1 saturated heterocycles. The highest BCUT2D eigenvalue weighted by Crippen LogP contribution is 2.27. The van der Waals surface area contributed by atoms with Gasteiger partial charge in [0.1, 0.15) is 11.3 Å². The first-order valence-corrected chi connectivity index (χ1v) is 10.3. The summed E-state index contributed by atoms with van der Waals surface area (Å²) in [6, 6.07) is 13.7. The second-order valence-electron chi connectivity index (χ2n) is 6.62. The maximum Gasteiger partial charge on any atom is 0.342 e. The van der Waals surface area contributed by atoms with E-state index in [9.17, 15) is 9.59 Å². The Hall–Kier alpha value is -2.97. The third-order valence-corrected chi connectivity index (χ3v) is 5.49. The van der Waals surface area contributed by atoms with Crippen LogP contribution in [0.1, 0.15) is 15.9 Å². The van der Waals surface area contributed by atoms with E-state index in [4.69, 9.17) is 9.47 Å². The molecule has 0 N–H and O–H groups in total. The maximum absolute atomic E-state index is 12.7. The van der Waals surface area contributed by atoms with Crippen LogP contribution in [0.3, 0.4) is 0 Å². The first-order valence-electron chi connectivity index (χ1n) is 9.38. The Morgan fingerprint density at radius 3 is 2.62 bits per heavy atom. The minimum absolute atomic E-state index is 0.212. The molecule has 2 aromatic heterocycles. The van der Waals surface area contributed by atoms with Crippen LogP contribution in [-0.2, 0) is 20.8 Å². The monoisotopic (exact) mass is 411 g/mol. The second kappa shape index (κ2) is 9.02. The summed E-state index contributed by atoms with van der Waals surface area (Å²) in [6.07, 6.45) is 1.68. The van der Waals surface area contributed by atoms with Gasteiger partial charge in [-0.05, 0) is 17.0 Å². The van der Waals surface area contributed by atoms with E-state index in [1.165, 1.54) is 11.3 Å². The number of carbonyl (C=O) groups is 2. The van der Waals surface area contributed by atoms with Crippen LogP contribution in [-0.4, -0.2) is 59.5 Å². The molecule has 1 aromatic carbocycles. The van der Waals surface area contributed by atoms with E-state index in [1.54, 1.807) is 15.8 Å². The van der Waals surface area contributed by atoms with Gasteiger partial charge in [-0.1, -0.05) is 36.4 Å². The number of nitrogens with zero attached hydrogens (tertiary/aromatic N) is 3. The van der Waals surface area contributed by atoms with Crippen molar-refractivity contribution in [1.29, 1.82) is 0 Å². The number of amides is 1. The maximum atomic E-state index is 12.7. The lowest BCUT2D eigenvalue weighted by Gasteiger charge is -2.26. The van der Waals surface area contributed by atoms with Gasteiger partial charge in [-0.15, -0.1) is 11.3 Å². The fourth-order valence-corrected chi connectivity index (χ4v) is 3.85. The van der Waals surface area contributed by atoms with Gasteiger partial charge in [-0.25, -0.2) is 4.79 Å². The summed E-state index contributed by atoms with van der Waals surface area (Å²) in [4.78, 5) is 27.5. The SMILES string of the molecule is O=C(OCC(=O)N1CCOCC1)c1cn(Cc2ccccc2)nc1-c1cccs1. The van der Waals surface area contributed by atoms with E-state index in [0.29, 0.717) is 44.1 Å². The van der Waals surface area contributed by atoms with Crippen molar-refractivity contribution in [3.8, 4) is 10.6 Å². The molecule has 150 valence electrons. The Morgan fingerprint density at radius 2 is 1.90 bits per heavy atom. The highest BCUT2D eigenvalue weighted by atomic mass is 32.1. The van der Waals surface area contributed by atoms with Crippen LogP contribution in [0.5, 0.6) is 0 Å². The molecule has 3 aromatic rings. The number of esters is 1. The molecule has 1 aliphatic heterocycles. The Balaban J connectivity index is 1.50. The molecule has 1 aliphatic rings. The molecule has 7 nitrogen and oxygen atoms in total. The fourth-order valence-electron chi connectivity index (χ4n) is 3.13. The summed E-state index contributed by atoms with van der Waals surface area (Å²) in [5, 5.41) is 6.53. The molecule has 0 spiro atoms.